The van der Waals surface area contributed by atoms with Crippen LogP contribution in [0.15, 0.2) is 23.0 Å². The van der Waals surface area contributed by atoms with Crippen LogP contribution in [0.4, 0.5) is 0 Å². The second-order valence-electron chi connectivity index (χ2n) is 2.95. The Morgan fingerprint density at radius 3 is 2.64 bits per heavy atom. The molecule has 0 atom stereocenters. The third-order valence-corrected chi connectivity index (χ3v) is 2.63. The van der Waals surface area contributed by atoms with E-state index in [0.717, 1.165) is 0 Å². The molecule has 0 aliphatic rings. The molecule has 78 valence electrons. The highest BCUT2D eigenvalue weighted by molar-refractivity contribution is 7.85. The van der Waals surface area contributed by atoms with Crippen LogP contribution in [0, 0.1) is 0 Å². The Hall–Kier alpha value is -1.14. The summed E-state index contributed by atoms with van der Waals surface area (Å²) in [5, 5.41) is 0. The first-order valence-corrected chi connectivity index (χ1v) is 5.61. The topological polar surface area (TPSA) is 76.4 Å². The second kappa shape index (κ2) is 3.93. The highest BCUT2D eigenvalue weighted by atomic mass is 32.2. The summed E-state index contributed by atoms with van der Waals surface area (Å²) in [6.45, 7) is 0. The molecule has 0 aliphatic carbocycles. The molecule has 0 spiro atoms. The largest absolute Gasteiger partial charge is 0.316 e. The molecule has 1 rings (SSSR count). The minimum absolute atomic E-state index is 0.130. The van der Waals surface area contributed by atoms with Crippen LogP contribution >= 0.6 is 0 Å². The van der Waals surface area contributed by atoms with Crippen molar-refractivity contribution in [3.8, 4) is 0 Å². The van der Waals surface area contributed by atoms with Crippen LogP contribution in [0.25, 0.3) is 0 Å². The Labute approximate surface area is 81.7 Å². The Morgan fingerprint density at radius 1 is 1.43 bits per heavy atom. The molecular formula is C8H11NO4S. The lowest BCUT2D eigenvalue weighted by Crippen LogP contribution is -2.20. The quantitative estimate of drug-likeness (QED) is 0.712. The van der Waals surface area contributed by atoms with E-state index in [2.05, 4.69) is 0 Å². The molecule has 1 aromatic heterocycles. The molecule has 0 aliphatic heterocycles. The molecular weight excluding hydrogens is 206 g/mol. The lowest BCUT2D eigenvalue weighted by molar-refractivity contribution is 0.482. The van der Waals surface area contributed by atoms with Gasteiger partial charge in [-0.2, -0.15) is 8.42 Å². The van der Waals surface area contributed by atoms with E-state index in [0.29, 0.717) is 5.69 Å². The van der Waals surface area contributed by atoms with Gasteiger partial charge in [-0.15, -0.1) is 0 Å². The smallest absolute Gasteiger partial charge is 0.265 e. The van der Waals surface area contributed by atoms with Crippen molar-refractivity contribution in [1.29, 1.82) is 0 Å². The van der Waals surface area contributed by atoms with E-state index in [1.54, 1.807) is 19.2 Å². The normalized spacial score (nSPS) is 11.6. The fourth-order valence-corrected chi connectivity index (χ4v) is 1.56. The van der Waals surface area contributed by atoms with Crippen molar-refractivity contribution >= 4 is 10.1 Å². The third kappa shape index (κ3) is 2.97. The fourth-order valence-electron chi connectivity index (χ4n) is 1.09. The molecule has 1 heterocycles. The predicted molar refractivity (Wildman–Crippen MR) is 51.8 cm³/mol. The summed E-state index contributed by atoms with van der Waals surface area (Å²) in [4.78, 5) is 11.1. The van der Waals surface area contributed by atoms with Gasteiger partial charge in [-0.3, -0.25) is 9.35 Å². The van der Waals surface area contributed by atoms with Gasteiger partial charge in [0.1, 0.15) is 0 Å². The van der Waals surface area contributed by atoms with E-state index < -0.39 is 10.1 Å². The van der Waals surface area contributed by atoms with Gasteiger partial charge in [0.2, 0.25) is 5.56 Å². The number of rotatable bonds is 3. The van der Waals surface area contributed by atoms with Crippen molar-refractivity contribution in [3.05, 3.63) is 34.2 Å². The van der Waals surface area contributed by atoms with Crippen molar-refractivity contribution in [3.63, 3.8) is 0 Å². The third-order valence-electron chi connectivity index (χ3n) is 1.90. The van der Waals surface area contributed by atoms with Crippen molar-refractivity contribution < 1.29 is 13.0 Å². The SMILES string of the molecule is Cn1c(CCS(=O)(=O)O)cccc1=O. The average molecular weight is 217 g/mol. The fraction of sp³-hybridized carbons (Fsp3) is 0.375. The minimum Gasteiger partial charge on any atom is -0.316 e. The summed E-state index contributed by atoms with van der Waals surface area (Å²) in [5.74, 6) is -0.371. The highest BCUT2D eigenvalue weighted by Gasteiger charge is 2.06. The molecule has 0 fully saturated rings. The van der Waals surface area contributed by atoms with Gasteiger partial charge in [0.25, 0.3) is 10.1 Å². The van der Waals surface area contributed by atoms with Crippen LogP contribution in [0.3, 0.4) is 0 Å². The van der Waals surface area contributed by atoms with E-state index in [9.17, 15) is 13.2 Å². The summed E-state index contributed by atoms with van der Waals surface area (Å²) in [6, 6.07) is 4.59. The summed E-state index contributed by atoms with van der Waals surface area (Å²) in [5.41, 5.74) is 0.382. The summed E-state index contributed by atoms with van der Waals surface area (Å²) in [7, 11) is -2.41. The first-order chi connectivity index (χ1) is 6.40. The zero-order valence-corrected chi connectivity index (χ0v) is 8.49. The molecule has 0 bridgehead atoms. The standard InChI is InChI=1S/C8H11NO4S/c1-9-7(3-2-4-8(9)10)5-6-14(11,12)13/h2-4H,5-6H2,1H3,(H,11,12,13). The maximum Gasteiger partial charge on any atom is 0.265 e. The molecule has 1 aromatic rings. The van der Waals surface area contributed by atoms with Gasteiger partial charge in [0, 0.05) is 25.2 Å². The molecule has 5 nitrogen and oxygen atoms in total. The van der Waals surface area contributed by atoms with Crippen molar-refractivity contribution in [2.45, 2.75) is 6.42 Å². The van der Waals surface area contributed by atoms with Gasteiger partial charge in [-0.1, -0.05) is 6.07 Å². The number of nitrogens with zero attached hydrogens (tertiary/aromatic N) is 1. The maximum atomic E-state index is 11.1. The second-order valence-corrected chi connectivity index (χ2v) is 4.52. The van der Waals surface area contributed by atoms with Gasteiger partial charge < -0.3 is 4.57 Å². The van der Waals surface area contributed by atoms with Gasteiger partial charge in [0.15, 0.2) is 0 Å². The maximum absolute atomic E-state index is 11.1. The molecule has 0 radical (unpaired) electrons. The average Bonchev–Trinajstić information content (AvgIpc) is 2.06. The predicted octanol–water partition coefficient (Wildman–Crippen LogP) is -0.184. The van der Waals surface area contributed by atoms with Crippen LogP contribution in [0.5, 0.6) is 0 Å². The van der Waals surface area contributed by atoms with Gasteiger partial charge in [-0.05, 0) is 6.07 Å². The minimum atomic E-state index is -3.97. The summed E-state index contributed by atoms with van der Waals surface area (Å²) < 4.78 is 30.8. The Kier molecular flexibility index (Phi) is 3.07. The van der Waals surface area contributed by atoms with Crippen LogP contribution in [0.1, 0.15) is 5.69 Å². The van der Waals surface area contributed by atoms with Crippen molar-refractivity contribution in [2.24, 2.45) is 7.05 Å². The van der Waals surface area contributed by atoms with E-state index >= 15 is 0 Å². The monoisotopic (exact) mass is 217 g/mol. The van der Waals surface area contributed by atoms with Crippen molar-refractivity contribution in [1.82, 2.24) is 4.57 Å². The number of pyridine rings is 1. The molecule has 14 heavy (non-hydrogen) atoms. The van der Waals surface area contributed by atoms with Crippen LogP contribution in [0.2, 0.25) is 0 Å². The molecule has 0 saturated carbocycles. The first-order valence-electron chi connectivity index (χ1n) is 4.00. The highest BCUT2D eigenvalue weighted by Crippen LogP contribution is 1.97. The Balaban J connectivity index is 2.89. The lowest BCUT2D eigenvalue weighted by atomic mass is 10.3. The van der Waals surface area contributed by atoms with Crippen LogP contribution < -0.4 is 5.56 Å². The molecule has 1 N–H and O–H groups in total. The first kappa shape index (κ1) is 10.9. The molecule has 0 unspecified atom stereocenters. The van der Waals surface area contributed by atoms with E-state index in [-0.39, 0.29) is 17.7 Å². The van der Waals surface area contributed by atoms with E-state index in [4.69, 9.17) is 4.55 Å². The number of aryl methyl sites for hydroxylation is 1. The van der Waals surface area contributed by atoms with Crippen molar-refractivity contribution in [2.75, 3.05) is 5.75 Å². The van der Waals surface area contributed by atoms with E-state index in [1.165, 1.54) is 10.6 Å². The summed E-state index contributed by atoms with van der Waals surface area (Å²) >= 11 is 0. The molecule has 0 saturated heterocycles. The molecule has 0 amide bonds. The lowest BCUT2D eigenvalue weighted by Gasteiger charge is -2.05. The molecule has 6 heteroatoms. The Bertz CT molecular complexity index is 474. The van der Waals surface area contributed by atoms with E-state index in [1.807, 2.05) is 0 Å². The van der Waals surface area contributed by atoms with Gasteiger partial charge in [0.05, 0.1) is 5.75 Å². The van der Waals surface area contributed by atoms with Gasteiger partial charge >= 0.3 is 0 Å². The molecule has 0 aromatic carbocycles. The van der Waals surface area contributed by atoms with Crippen LogP contribution in [-0.4, -0.2) is 23.3 Å². The number of aromatic nitrogens is 1. The number of hydrogen-bond acceptors (Lipinski definition) is 3. The number of hydrogen-bond donors (Lipinski definition) is 1. The zero-order chi connectivity index (χ0) is 10.8. The Morgan fingerprint density at radius 2 is 2.07 bits per heavy atom. The van der Waals surface area contributed by atoms with Gasteiger partial charge in [-0.25, -0.2) is 0 Å². The summed E-state index contributed by atoms with van der Waals surface area (Å²) in [6.07, 6.45) is 0.130. The van der Waals surface area contributed by atoms with Crippen LogP contribution in [-0.2, 0) is 23.6 Å². The zero-order valence-electron chi connectivity index (χ0n) is 7.67.